The first-order chi connectivity index (χ1) is 14.2. The lowest BCUT2D eigenvalue weighted by molar-refractivity contribution is 0.125. The van der Waals surface area contributed by atoms with Gasteiger partial charge in [0.2, 0.25) is 0 Å². The number of likely N-dealkylation sites (tertiary alicyclic amines) is 2. The zero-order valence-electron chi connectivity index (χ0n) is 19.1. The molecule has 0 aliphatic carbocycles. The molecule has 0 amide bonds. The average Bonchev–Trinajstić information content (AvgIpc) is 3.24. The first kappa shape index (κ1) is 25.9. The van der Waals surface area contributed by atoms with E-state index in [0.717, 1.165) is 25.0 Å². The zero-order valence-corrected chi connectivity index (χ0v) is 22.3. The second-order valence-electron chi connectivity index (χ2n) is 8.98. The number of unbranched alkanes of at least 4 members (excludes halogenated alkanes) is 1. The van der Waals surface area contributed by atoms with E-state index < -0.39 is 0 Å². The summed E-state index contributed by atoms with van der Waals surface area (Å²) < 4.78 is 0. The van der Waals surface area contributed by atoms with E-state index in [0.29, 0.717) is 12.0 Å². The predicted molar refractivity (Wildman–Crippen MR) is 141 cm³/mol. The minimum absolute atomic E-state index is 0. The summed E-state index contributed by atoms with van der Waals surface area (Å²) in [6.07, 6.45) is 7.82. The van der Waals surface area contributed by atoms with E-state index in [4.69, 9.17) is 0 Å². The molecule has 2 aliphatic heterocycles. The quantitative estimate of drug-likeness (QED) is 0.219. The van der Waals surface area contributed by atoms with Crippen molar-refractivity contribution in [1.29, 1.82) is 0 Å². The number of aliphatic imine (C=N–C) groups is 1. The first-order valence-electron chi connectivity index (χ1n) is 11.6. The van der Waals surface area contributed by atoms with Gasteiger partial charge in [0.05, 0.1) is 0 Å². The fourth-order valence-corrected chi connectivity index (χ4v) is 5.97. The summed E-state index contributed by atoms with van der Waals surface area (Å²) in [5.74, 6) is 2.46. The van der Waals surface area contributed by atoms with Crippen molar-refractivity contribution in [1.82, 2.24) is 20.4 Å². The molecule has 3 unspecified atom stereocenters. The Morgan fingerprint density at radius 1 is 1.20 bits per heavy atom. The van der Waals surface area contributed by atoms with Gasteiger partial charge in [0, 0.05) is 37.6 Å². The molecule has 7 heteroatoms. The van der Waals surface area contributed by atoms with Gasteiger partial charge in [-0.1, -0.05) is 13.0 Å². The number of nitrogens with zero attached hydrogens (tertiary/aromatic N) is 3. The molecule has 172 valence electrons. The van der Waals surface area contributed by atoms with Gasteiger partial charge in [0.15, 0.2) is 5.96 Å². The fourth-order valence-electron chi connectivity index (χ4n) is 4.99. The number of guanidine groups is 1. The molecule has 3 atom stereocenters. The summed E-state index contributed by atoms with van der Waals surface area (Å²) in [5, 5.41) is 9.33. The van der Waals surface area contributed by atoms with Gasteiger partial charge in [-0.2, -0.15) is 0 Å². The van der Waals surface area contributed by atoms with Crippen molar-refractivity contribution in [2.75, 3.05) is 53.4 Å². The molecule has 5 nitrogen and oxygen atoms in total. The van der Waals surface area contributed by atoms with Crippen LogP contribution in [0.15, 0.2) is 22.5 Å². The van der Waals surface area contributed by atoms with Crippen LogP contribution in [0.25, 0.3) is 0 Å². The Balaban J connectivity index is 0.00000320. The first-order valence-corrected chi connectivity index (χ1v) is 12.5. The molecule has 0 aromatic carbocycles. The Bertz CT molecular complexity index is 609. The van der Waals surface area contributed by atoms with Gasteiger partial charge in [-0.25, -0.2) is 0 Å². The van der Waals surface area contributed by atoms with Crippen molar-refractivity contribution in [3.05, 3.63) is 22.4 Å². The van der Waals surface area contributed by atoms with Crippen LogP contribution >= 0.6 is 35.3 Å². The molecule has 3 heterocycles. The lowest BCUT2D eigenvalue weighted by Crippen LogP contribution is -2.45. The van der Waals surface area contributed by atoms with Crippen LogP contribution < -0.4 is 10.6 Å². The number of thiophene rings is 1. The summed E-state index contributed by atoms with van der Waals surface area (Å²) in [4.78, 5) is 11.1. The van der Waals surface area contributed by atoms with Crippen LogP contribution in [0.4, 0.5) is 0 Å². The molecule has 0 saturated carbocycles. The Hall–Kier alpha value is -0.380. The standard InChI is InChI=1S/C23H41N5S.HI/c1-19-9-6-15-28(18-19)14-5-4-12-25-23(24-2)26-17-20-10-7-13-27(3)22(20)21-11-8-16-29-21;/h8,11,16,19-20,22H,4-7,9-10,12-15,17-18H2,1-3H3,(H2,24,25,26);1H. The third-order valence-corrected chi connectivity index (χ3v) is 7.47. The molecule has 0 bridgehead atoms. The fraction of sp³-hybridized carbons (Fsp3) is 0.783. The predicted octanol–water partition coefficient (Wildman–Crippen LogP) is 4.43. The molecular formula is C23H42IN5S. The normalized spacial score (nSPS) is 26.2. The van der Waals surface area contributed by atoms with Crippen LogP contribution in [-0.4, -0.2) is 69.1 Å². The minimum atomic E-state index is 0. The number of hydrogen-bond acceptors (Lipinski definition) is 4. The van der Waals surface area contributed by atoms with Crippen LogP contribution in [0.3, 0.4) is 0 Å². The van der Waals surface area contributed by atoms with Crippen molar-refractivity contribution in [2.24, 2.45) is 16.8 Å². The molecule has 2 saturated heterocycles. The van der Waals surface area contributed by atoms with Crippen molar-refractivity contribution in [2.45, 2.75) is 51.5 Å². The van der Waals surface area contributed by atoms with Gasteiger partial charge in [-0.3, -0.25) is 9.89 Å². The Labute approximate surface area is 205 Å². The number of piperidine rings is 2. The van der Waals surface area contributed by atoms with Gasteiger partial charge in [-0.15, -0.1) is 35.3 Å². The van der Waals surface area contributed by atoms with E-state index >= 15 is 0 Å². The van der Waals surface area contributed by atoms with Crippen molar-refractivity contribution < 1.29 is 0 Å². The highest BCUT2D eigenvalue weighted by atomic mass is 127. The number of rotatable bonds is 8. The molecule has 30 heavy (non-hydrogen) atoms. The zero-order chi connectivity index (χ0) is 20.5. The highest BCUT2D eigenvalue weighted by Gasteiger charge is 2.31. The number of halogens is 1. The highest BCUT2D eigenvalue weighted by molar-refractivity contribution is 14.0. The highest BCUT2D eigenvalue weighted by Crippen LogP contribution is 2.36. The summed E-state index contributed by atoms with van der Waals surface area (Å²) in [6.45, 7) is 9.40. The smallest absolute Gasteiger partial charge is 0.190 e. The van der Waals surface area contributed by atoms with Gasteiger partial charge in [0.25, 0.3) is 0 Å². The van der Waals surface area contributed by atoms with Crippen LogP contribution in [-0.2, 0) is 0 Å². The van der Waals surface area contributed by atoms with Crippen LogP contribution in [0.1, 0.15) is 56.4 Å². The van der Waals surface area contributed by atoms with Crippen molar-refractivity contribution in [3.63, 3.8) is 0 Å². The topological polar surface area (TPSA) is 42.9 Å². The Morgan fingerprint density at radius 2 is 2.03 bits per heavy atom. The maximum absolute atomic E-state index is 4.45. The van der Waals surface area contributed by atoms with E-state index in [2.05, 4.69) is 56.9 Å². The van der Waals surface area contributed by atoms with Gasteiger partial charge >= 0.3 is 0 Å². The maximum atomic E-state index is 4.45. The summed E-state index contributed by atoms with van der Waals surface area (Å²) >= 11 is 1.89. The van der Waals surface area contributed by atoms with E-state index in [9.17, 15) is 0 Å². The van der Waals surface area contributed by atoms with Gasteiger partial charge in [-0.05, 0) is 88.5 Å². The molecule has 1 aromatic heterocycles. The van der Waals surface area contributed by atoms with E-state index in [1.165, 1.54) is 69.6 Å². The van der Waals surface area contributed by atoms with E-state index in [-0.39, 0.29) is 24.0 Å². The lowest BCUT2D eigenvalue weighted by Gasteiger charge is -2.39. The number of nitrogens with one attached hydrogen (secondary N) is 2. The van der Waals surface area contributed by atoms with Crippen LogP contribution in [0, 0.1) is 11.8 Å². The molecule has 2 N–H and O–H groups in total. The maximum Gasteiger partial charge on any atom is 0.190 e. The third kappa shape index (κ3) is 7.95. The third-order valence-electron chi connectivity index (χ3n) is 6.53. The van der Waals surface area contributed by atoms with E-state index in [1.807, 2.05) is 18.4 Å². The summed E-state index contributed by atoms with van der Waals surface area (Å²) in [6, 6.07) is 5.00. The molecule has 3 rings (SSSR count). The number of hydrogen-bond donors (Lipinski definition) is 2. The minimum Gasteiger partial charge on any atom is -0.356 e. The molecule has 2 aliphatic rings. The van der Waals surface area contributed by atoms with Gasteiger partial charge in [0.1, 0.15) is 0 Å². The Kier molecular flexibility index (Phi) is 12.0. The van der Waals surface area contributed by atoms with Gasteiger partial charge < -0.3 is 15.5 Å². The molecule has 0 radical (unpaired) electrons. The van der Waals surface area contributed by atoms with Crippen molar-refractivity contribution in [3.8, 4) is 0 Å². The largest absolute Gasteiger partial charge is 0.356 e. The second-order valence-corrected chi connectivity index (χ2v) is 9.96. The summed E-state index contributed by atoms with van der Waals surface area (Å²) in [5.41, 5.74) is 0. The van der Waals surface area contributed by atoms with E-state index in [1.54, 1.807) is 0 Å². The average molecular weight is 548 g/mol. The van der Waals surface area contributed by atoms with Crippen molar-refractivity contribution >= 4 is 41.3 Å². The summed E-state index contributed by atoms with van der Waals surface area (Å²) in [7, 11) is 4.15. The second kappa shape index (κ2) is 13.9. The van der Waals surface area contributed by atoms with Crippen LogP contribution in [0.5, 0.6) is 0 Å². The van der Waals surface area contributed by atoms with Crippen LogP contribution in [0.2, 0.25) is 0 Å². The molecule has 2 fully saturated rings. The monoisotopic (exact) mass is 547 g/mol. The lowest BCUT2D eigenvalue weighted by atomic mass is 9.88. The molecule has 1 aromatic rings. The molecular weight excluding hydrogens is 505 g/mol. The molecule has 0 spiro atoms. The Morgan fingerprint density at radius 3 is 2.77 bits per heavy atom. The SMILES string of the molecule is CN=C(NCCCCN1CCCC(C)C1)NCC1CCCN(C)C1c1cccs1.I.